The Morgan fingerprint density at radius 3 is 2.90 bits per heavy atom. The van der Waals surface area contributed by atoms with Crippen molar-refractivity contribution in [3.05, 3.63) is 51.2 Å². The number of nitrogens with zero attached hydrogens (tertiary/aromatic N) is 1. The van der Waals surface area contributed by atoms with Gasteiger partial charge in [-0.25, -0.2) is 9.37 Å². The molecule has 1 N–H and O–H groups in total. The first-order valence-electron chi connectivity index (χ1n) is 7.22. The van der Waals surface area contributed by atoms with Gasteiger partial charge in [0, 0.05) is 17.3 Å². The molecule has 1 aromatic carbocycles. The molecule has 2 nitrogen and oxygen atoms in total. The maximum atomic E-state index is 12.9. The van der Waals surface area contributed by atoms with Crippen molar-refractivity contribution in [3.63, 3.8) is 0 Å². The molecule has 1 aliphatic carbocycles. The van der Waals surface area contributed by atoms with Crippen molar-refractivity contribution in [2.24, 2.45) is 0 Å². The zero-order valence-corrected chi connectivity index (χ0v) is 12.5. The van der Waals surface area contributed by atoms with Gasteiger partial charge in [-0.1, -0.05) is 19.1 Å². The highest BCUT2D eigenvalue weighted by atomic mass is 32.1. The van der Waals surface area contributed by atoms with Crippen molar-refractivity contribution in [2.45, 2.75) is 38.6 Å². The van der Waals surface area contributed by atoms with Crippen molar-refractivity contribution in [2.75, 3.05) is 6.54 Å². The van der Waals surface area contributed by atoms with Crippen molar-refractivity contribution < 1.29 is 4.39 Å². The number of benzene rings is 1. The van der Waals surface area contributed by atoms with Crippen LogP contribution in [-0.2, 0) is 12.8 Å². The monoisotopic (exact) mass is 290 g/mol. The van der Waals surface area contributed by atoms with Crippen LogP contribution in [0.1, 0.15) is 46.9 Å². The molecule has 1 aliphatic rings. The van der Waals surface area contributed by atoms with E-state index in [1.807, 2.05) is 23.5 Å². The number of nitrogens with one attached hydrogen (secondary N) is 1. The summed E-state index contributed by atoms with van der Waals surface area (Å²) < 4.78 is 12.9. The molecule has 20 heavy (non-hydrogen) atoms. The molecule has 0 saturated carbocycles. The average Bonchev–Trinajstić information content (AvgIpc) is 2.85. The van der Waals surface area contributed by atoms with Gasteiger partial charge in [-0.15, -0.1) is 11.3 Å². The minimum atomic E-state index is -0.181. The van der Waals surface area contributed by atoms with Gasteiger partial charge in [0.1, 0.15) is 5.82 Å². The van der Waals surface area contributed by atoms with Crippen LogP contribution in [-0.4, -0.2) is 11.5 Å². The lowest BCUT2D eigenvalue weighted by molar-refractivity contribution is 0.476. The van der Waals surface area contributed by atoms with E-state index in [4.69, 9.17) is 4.98 Å². The Bertz CT molecular complexity index is 577. The molecule has 0 spiro atoms. The highest BCUT2D eigenvalue weighted by Gasteiger charge is 2.23. The van der Waals surface area contributed by atoms with Crippen molar-refractivity contribution in [3.8, 4) is 0 Å². The molecule has 106 valence electrons. The highest BCUT2D eigenvalue weighted by molar-refractivity contribution is 7.11. The predicted octanol–water partition coefficient (Wildman–Crippen LogP) is 3.86. The summed E-state index contributed by atoms with van der Waals surface area (Å²) in [5, 5.41) is 4.69. The minimum Gasteiger partial charge on any atom is -0.309 e. The lowest BCUT2D eigenvalue weighted by Gasteiger charge is -2.21. The number of fused-ring (bicyclic) bond motifs is 1. The third-order valence-electron chi connectivity index (χ3n) is 3.71. The van der Waals surface area contributed by atoms with Crippen molar-refractivity contribution in [1.29, 1.82) is 0 Å². The molecule has 0 bridgehead atoms. The molecule has 1 atom stereocenters. The first-order valence-corrected chi connectivity index (χ1v) is 8.04. The normalized spacial score (nSPS) is 18.0. The van der Waals surface area contributed by atoms with Crippen LogP contribution in [0.25, 0.3) is 0 Å². The first-order chi connectivity index (χ1) is 9.76. The van der Waals surface area contributed by atoms with Crippen LogP contribution in [0.3, 0.4) is 0 Å². The molecule has 1 heterocycles. The second-order valence-corrected chi connectivity index (χ2v) is 6.34. The molecule has 0 fully saturated rings. The molecule has 3 rings (SSSR count). The summed E-state index contributed by atoms with van der Waals surface area (Å²) in [5.74, 6) is -0.181. The average molecular weight is 290 g/mol. The van der Waals surface area contributed by atoms with Gasteiger partial charge in [0.25, 0.3) is 0 Å². The third kappa shape index (κ3) is 2.91. The molecule has 0 radical (unpaired) electrons. The number of hydrogen-bond donors (Lipinski definition) is 1. The van der Waals surface area contributed by atoms with E-state index in [0.29, 0.717) is 6.04 Å². The van der Waals surface area contributed by atoms with Crippen LogP contribution in [0.5, 0.6) is 0 Å². The zero-order chi connectivity index (χ0) is 13.9. The fourth-order valence-electron chi connectivity index (χ4n) is 2.76. The molecule has 0 saturated heterocycles. The van der Waals surface area contributed by atoms with Gasteiger partial charge in [0.05, 0.1) is 10.7 Å². The van der Waals surface area contributed by atoms with E-state index < -0.39 is 0 Å². The molecule has 1 unspecified atom stereocenters. The van der Waals surface area contributed by atoms with E-state index in [0.717, 1.165) is 30.0 Å². The molecule has 0 aliphatic heterocycles. The predicted molar refractivity (Wildman–Crippen MR) is 80.7 cm³/mol. The van der Waals surface area contributed by atoms with Crippen LogP contribution in [0.15, 0.2) is 24.3 Å². The van der Waals surface area contributed by atoms with Crippen LogP contribution >= 0.6 is 11.3 Å². The van der Waals surface area contributed by atoms with E-state index in [2.05, 4.69) is 12.2 Å². The number of halogens is 1. The molecule has 2 aromatic rings. The van der Waals surface area contributed by atoms with E-state index in [1.165, 1.54) is 35.5 Å². The minimum absolute atomic E-state index is 0.181. The number of hydrogen-bond acceptors (Lipinski definition) is 3. The standard InChI is InChI=1S/C16H19FN2S/c1-2-18-13-4-3-5-14-16(13)20-15(19-14)10-11-6-8-12(17)9-7-11/h6-9,13,18H,2-5,10H2,1H3. The molecular weight excluding hydrogens is 271 g/mol. The maximum Gasteiger partial charge on any atom is 0.123 e. The van der Waals surface area contributed by atoms with Crippen LogP contribution in [0.4, 0.5) is 4.39 Å². The highest BCUT2D eigenvalue weighted by Crippen LogP contribution is 2.34. The number of thiazole rings is 1. The SMILES string of the molecule is CCNC1CCCc2nc(Cc3ccc(F)cc3)sc21. The molecule has 0 amide bonds. The Morgan fingerprint density at radius 2 is 2.15 bits per heavy atom. The second-order valence-electron chi connectivity index (χ2n) is 5.22. The fraction of sp³-hybridized carbons (Fsp3) is 0.438. The van der Waals surface area contributed by atoms with Gasteiger partial charge in [0.15, 0.2) is 0 Å². The molecular formula is C16H19FN2S. The van der Waals surface area contributed by atoms with E-state index in [9.17, 15) is 4.39 Å². The third-order valence-corrected chi connectivity index (χ3v) is 4.93. The second kappa shape index (κ2) is 6.02. The Labute approximate surface area is 123 Å². The van der Waals surface area contributed by atoms with E-state index in [1.54, 1.807) is 0 Å². The fourth-order valence-corrected chi connectivity index (χ4v) is 4.02. The number of aromatic nitrogens is 1. The summed E-state index contributed by atoms with van der Waals surface area (Å²) in [7, 11) is 0. The summed E-state index contributed by atoms with van der Waals surface area (Å²) in [5.41, 5.74) is 2.39. The topological polar surface area (TPSA) is 24.9 Å². The van der Waals surface area contributed by atoms with Crippen LogP contribution in [0, 0.1) is 5.82 Å². The van der Waals surface area contributed by atoms with Gasteiger partial charge in [-0.3, -0.25) is 0 Å². The van der Waals surface area contributed by atoms with Crippen molar-refractivity contribution in [1.82, 2.24) is 10.3 Å². The Morgan fingerprint density at radius 1 is 1.35 bits per heavy atom. The lowest BCUT2D eigenvalue weighted by Crippen LogP contribution is -2.23. The van der Waals surface area contributed by atoms with Gasteiger partial charge < -0.3 is 5.32 Å². The summed E-state index contributed by atoms with van der Waals surface area (Å²) >= 11 is 1.82. The van der Waals surface area contributed by atoms with Crippen molar-refractivity contribution >= 4 is 11.3 Å². The van der Waals surface area contributed by atoms with Crippen LogP contribution in [0.2, 0.25) is 0 Å². The van der Waals surface area contributed by atoms with Gasteiger partial charge >= 0.3 is 0 Å². The van der Waals surface area contributed by atoms with E-state index >= 15 is 0 Å². The Hall–Kier alpha value is -1.26. The van der Waals surface area contributed by atoms with Crippen LogP contribution < -0.4 is 5.32 Å². The lowest BCUT2D eigenvalue weighted by atomic mass is 9.98. The summed E-state index contributed by atoms with van der Waals surface area (Å²) in [6.07, 6.45) is 4.32. The first kappa shape index (κ1) is 13.7. The maximum absolute atomic E-state index is 12.9. The number of aryl methyl sites for hydroxylation is 1. The Balaban J connectivity index is 1.80. The summed E-state index contributed by atoms with van der Waals surface area (Å²) in [6, 6.07) is 7.20. The molecule has 1 aromatic heterocycles. The number of rotatable bonds is 4. The van der Waals surface area contributed by atoms with Gasteiger partial charge in [-0.05, 0) is 43.5 Å². The van der Waals surface area contributed by atoms with E-state index in [-0.39, 0.29) is 5.82 Å². The van der Waals surface area contributed by atoms with Gasteiger partial charge in [0.2, 0.25) is 0 Å². The Kier molecular flexibility index (Phi) is 4.13. The van der Waals surface area contributed by atoms with Gasteiger partial charge in [-0.2, -0.15) is 0 Å². The summed E-state index contributed by atoms with van der Waals surface area (Å²) in [6.45, 7) is 3.14. The smallest absolute Gasteiger partial charge is 0.123 e. The quantitative estimate of drug-likeness (QED) is 0.925. The summed E-state index contributed by atoms with van der Waals surface area (Å²) in [4.78, 5) is 6.20. The largest absolute Gasteiger partial charge is 0.309 e. The molecule has 4 heteroatoms. The zero-order valence-electron chi connectivity index (χ0n) is 11.7.